The van der Waals surface area contributed by atoms with Crippen LogP contribution in [-0.4, -0.2) is 40.6 Å². The molecule has 19 heavy (non-hydrogen) atoms. The SMILES string of the molecule is Cc1nccc([C@H]2CN(C3CCCCC3)CCO2)n1. The fourth-order valence-electron chi connectivity index (χ4n) is 3.28. The van der Waals surface area contributed by atoms with E-state index in [1.807, 2.05) is 19.2 Å². The molecule has 0 bridgehead atoms. The fraction of sp³-hybridized carbons (Fsp3) is 0.733. The number of ether oxygens (including phenoxy) is 1. The molecule has 3 rings (SSSR count). The third kappa shape index (κ3) is 3.12. The molecule has 1 aliphatic carbocycles. The van der Waals surface area contributed by atoms with Crippen molar-refractivity contribution < 1.29 is 4.74 Å². The second-order valence-electron chi connectivity index (χ2n) is 5.67. The Balaban J connectivity index is 1.67. The largest absolute Gasteiger partial charge is 0.369 e. The highest BCUT2D eigenvalue weighted by Crippen LogP contribution is 2.27. The molecule has 104 valence electrons. The van der Waals surface area contributed by atoms with E-state index >= 15 is 0 Å². The lowest BCUT2D eigenvalue weighted by Gasteiger charge is -2.39. The van der Waals surface area contributed by atoms with Gasteiger partial charge in [0.1, 0.15) is 11.9 Å². The molecule has 0 amide bonds. The van der Waals surface area contributed by atoms with Gasteiger partial charge in [0.05, 0.1) is 12.3 Å². The van der Waals surface area contributed by atoms with Crippen LogP contribution in [0, 0.1) is 6.92 Å². The number of rotatable bonds is 2. The number of nitrogens with zero attached hydrogens (tertiary/aromatic N) is 3. The number of hydrogen-bond acceptors (Lipinski definition) is 4. The molecule has 0 aromatic carbocycles. The summed E-state index contributed by atoms with van der Waals surface area (Å²) in [5.41, 5.74) is 1.04. The Morgan fingerprint density at radius 3 is 2.89 bits per heavy atom. The van der Waals surface area contributed by atoms with Crippen LogP contribution in [0.5, 0.6) is 0 Å². The highest BCUT2D eigenvalue weighted by molar-refractivity contribution is 5.07. The normalized spacial score (nSPS) is 26.5. The molecule has 0 radical (unpaired) electrons. The van der Waals surface area contributed by atoms with Gasteiger partial charge in [-0.25, -0.2) is 9.97 Å². The molecule has 2 fully saturated rings. The zero-order valence-electron chi connectivity index (χ0n) is 11.7. The summed E-state index contributed by atoms with van der Waals surface area (Å²) in [5, 5.41) is 0. The lowest BCUT2D eigenvalue weighted by Crippen LogP contribution is -2.45. The molecular formula is C15H23N3O. The topological polar surface area (TPSA) is 38.2 Å². The monoisotopic (exact) mass is 261 g/mol. The van der Waals surface area contributed by atoms with E-state index in [4.69, 9.17) is 4.74 Å². The van der Waals surface area contributed by atoms with Crippen LogP contribution in [0.3, 0.4) is 0 Å². The lowest BCUT2D eigenvalue weighted by atomic mass is 9.93. The summed E-state index contributed by atoms with van der Waals surface area (Å²) in [4.78, 5) is 11.3. The molecule has 1 aliphatic heterocycles. The summed E-state index contributed by atoms with van der Waals surface area (Å²) in [6.07, 6.45) is 8.86. The average molecular weight is 261 g/mol. The molecule has 1 saturated heterocycles. The minimum absolute atomic E-state index is 0.123. The summed E-state index contributed by atoms with van der Waals surface area (Å²) in [6, 6.07) is 2.75. The van der Waals surface area contributed by atoms with Gasteiger partial charge in [-0.3, -0.25) is 4.90 Å². The summed E-state index contributed by atoms with van der Waals surface area (Å²) < 4.78 is 5.91. The maximum Gasteiger partial charge on any atom is 0.125 e. The van der Waals surface area contributed by atoms with Gasteiger partial charge in [0.2, 0.25) is 0 Å². The van der Waals surface area contributed by atoms with Crippen LogP contribution in [0.4, 0.5) is 0 Å². The van der Waals surface area contributed by atoms with Gasteiger partial charge >= 0.3 is 0 Å². The van der Waals surface area contributed by atoms with E-state index in [0.717, 1.165) is 37.3 Å². The molecule has 1 atom stereocenters. The number of aryl methyl sites for hydroxylation is 1. The second-order valence-corrected chi connectivity index (χ2v) is 5.67. The van der Waals surface area contributed by atoms with Gasteiger partial charge in [-0.15, -0.1) is 0 Å². The number of morpholine rings is 1. The number of aromatic nitrogens is 2. The minimum atomic E-state index is 0.123. The first-order valence-electron chi connectivity index (χ1n) is 7.48. The van der Waals surface area contributed by atoms with Crippen LogP contribution in [0.25, 0.3) is 0 Å². The number of hydrogen-bond donors (Lipinski definition) is 0. The molecule has 4 nitrogen and oxygen atoms in total. The Bertz CT molecular complexity index is 418. The third-order valence-electron chi connectivity index (χ3n) is 4.32. The van der Waals surface area contributed by atoms with Crippen LogP contribution in [0.2, 0.25) is 0 Å². The maximum atomic E-state index is 5.91. The molecule has 1 aromatic rings. The van der Waals surface area contributed by atoms with Crippen molar-refractivity contribution in [3.8, 4) is 0 Å². The van der Waals surface area contributed by atoms with E-state index < -0.39 is 0 Å². The van der Waals surface area contributed by atoms with E-state index in [0.29, 0.717) is 0 Å². The summed E-state index contributed by atoms with van der Waals surface area (Å²) >= 11 is 0. The summed E-state index contributed by atoms with van der Waals surface area (Å²) in [7, 11) is 0. The molecule has 2 aliphatic rings. The van der Waals surface area contributed by atoms with E-state index in [1.165, 1.54) is 32.1 Å². The lowest BCUT2D eigenvalue weighted by molar-refractivity contribution is -0.0517. The van der Waals surface area contributed by atoms with E-state index in [9.17, 15) is 0 Å². The predicted octanol–water partition coefficient (Wildman–Crippen LogP) is 2.49. The molecule has 1 saturated carbocycles. The molecule has 0 unspecified atom stereocenters. The van der Waals surface area contributed by atoms with Gasteiger partial charge < -0.3 is 4.74 Å². The van der Waals surface area contributed by atoms with Gasteiger partial charge in [-0.2, -0.15) is 0 Å². The van der Waals surface area contributed by atoms with Crippen molar-refractivity contribution in [3.05, 3.63) is 23.8 Å². The van der Waals surface area contributed by atoms with Gasteiger partial charge in [-0.05, 0) is 25.8 Å². The first-order valence-corrected chi connectivity index (χ1v) is 7.48. The van der Waals surface area contributed by atoms with Crippen LogP contribution >= 0.6 is 0 Å². The Hall–Kier alpha value is -1.00. The van der Waals surface area contributed by atoms with E-state index in [-0.39, 0.29) is 6.10 Å². The van der Waals surface area contributed by atoms with Crippen molar-refractivity contribution in [2.45, 2.75) is 51.2 Å². The van der Waals surface area contributed by atoms with Crippen LogP contribution in [-0.2, 0) is 4.74 Å². The minimum Gasteiger partial charge on any atom is -0.369 e. The second kappa shape index (κ2) is 5.97. The Morgan fingerprint density at radius 1 is 1.26 bits per heavy atom. The van der Waals surface area contributed by atoms with Crippen molar-refractivity contribution in [3.63, 3.8) is 0 Å². The van der Waals surface area contributed by atoms with Crippen LogP contribution < -0.4 is 0 Å². The summed E-state index contributed by atoms with van der Waals surface area (Å²) in [5.74, 6) is 0.830. The molecular weight excluding hydrogens is 238 g/mol. The van der Waals surface area contributed by atoms with Crippen LogP contribution in [0.15, 0.2) is 12.3 Å². The van der Waals surface area contributed by atoms with Gasteiger partial charge in [0.25, 0.3) is 0 Å². The highest BCUT2D eigenvalue weighted by Gasteiger charge is 2.28. The van der Waals surface area contributed by atoms with Gasteiger partial charge in [0, 0.05) is 25.3 Å². The molecule has 0 N–H and O–H groups in total. The van der Waals surface area contributed by atoms with Crippen molar-refractivity contribution in [1.82, 2.24) is 14.9 Å². The third-order valence-corrected chi connectivity index (χ3v) is 4.32. The van der Waals surface area contributed by atoms with Crippen molar-refractivity contribution in [2.24, 2.45) is 0 Å². The van der Waals surface area contributed by atoms with Gasteiger partial charge in [0.15, 0.2) is 0 Å². The standard InChI is InChI=1S/C15H23N3O/c1-12-16-8-7-14(17-12)15-11-18(9-10-19-15)13-5-3-2-4-6-13/h7-8,13,15H,2-6,9-11H2,1H3/t15-/m1/s1. The van der Waals surface area contributed by atoms with E-state index in [1.54, 1.807) is 0 Å². The fourth-order valence-corrected chi connectivity index (χ4v) is 3.28. The zero-order chi connectivity index (χ0) is 13.1. The van der Waals surface area contributed by atoms with Crippen molar-refractivity contribution in [1.29, 1.82) is 0 Å². The van der Waals surface area contributed by atoms with Crippen LogP contribution in [0.1, 0.15) is 49.7 Å². The smallest absolute Gasteiger partial charge is 0.125 e. The first-order chi connectivity index (χ1) is 9.33. The van der Waals surface area contributed by atoms with Crippen molar-refractivity contribution in [2.75, 3.05) is 19.7 Å². The highest BCUT2D eigenvalue weighted by atomic mass is 16.5. The Labute approximate surface area is 115 Å². The molecule has 1 aromatic heterocycles. The summed E-state index contributed by atoms with van der Waals surface area (Å²) in [6.45, 7) is 4.82. The van der Waals surface area contributed by atoms with E-state index in [2.05, 4.69) is 14.9 Å². The maximum absolute atomic E-state index is 5.91. The predicted molar refractivity (Wildman–Crippen MR) is 73.9 cm³/mol. The molecule has 0 spiro atoms. The Morgan fingerprint density at radius 2 is 2.11 bits per heavy atom. The Kier molecular flexibility index (Phi) is 4.09. The van der Waals surface area contributed by atoms with Crippen molar-refractivity contribution >= 4 is 0 Å². The average Bonchev–Trinajstić information content (AvgIpc) is 2.48. The van der Waals surface area contributed by atoms with Gasteiger partial charge in [-0.1, -0.05) is 19.3 Å². The zero-order valence-corrected chi connectivity index (χ0v) is 11.7. The molecule has 4 heteroatoms. The quantitative estimate of drug-likeness (QED) is 0.820. The first kappa shape index (κ1) is 13.0. The molecule has 2 heterocycles.